The quantitative estimate of drug-likeness (QED) is 0.365. The van der Waals surface area contributed by atoms with Crippen LogP contribution in [0.1, 0.15) is 37.4 Å². The second-order valence-electron chi connectivity index (χ2n) is 9.26. The molecule has 9 heteroatoms. The number of methoxy groups -OCH3 is 1. The Morgan fingerprint density at radius 3 is 2.49 bits per heavy atom. The van der Waals surface area contributed by atoms with Crippen LogP contribution in [0.25, 0.3) is 10.9 Å². The number of rotatable bonds is 11. The minimum absolute atomic E-state index is 0.00138. The first-order valence-corrected chi connectivity index (χ1v) is 13.7. The highest BCUT2D eigenvalue weighted by Crippen LogP contribution is 2.35. The van der Waals surface area contributed by atoms with E-state index in [0.29, 0.717) is 17.4 Å². The summed E-state index contributed by atoms with van der Waals surface area (Å²) >= 11 is 0. The monoisotopic (exact) mass is 524 g/mol. The number of fused-ring (bicyclic) bond motifs is 1. The fraction of sp³-hybridized carbons (Fsp3) is 0.393. The molecule has 0 aliphatic heterocycles. The summed E-state index contributed by atoms with van der Waals surface area (Å²) < 4.78 is 41.6. The number of carboxylic acid groups (broad SMARTS) is 1. The van der Waals surface area contributed by atoms with Crippen molar-refractivity contribution < 1.29 is 27.8 Å². The smallest absolute Gasteiger partial charge is 0.322 e. The zero-order valence-corrected chi connectivity index (χ0v) is 22.1. The second kappa shape index (κ2) is 11.3. The molecule has 1 saturated carbocycles. The number of hydrogen-bond donors (Lipinski definition) is 2. The molecule has 1 fully saturated rings. The Kier molecular flexibility index (Phi) is 8.10. The van der Waals surface area contributed by atoms with E-state index < -0.39 is 22.0 Å². The molecule has 2 aromatic carbocycles. The zero-order valence-electron chi connectivity index (χ0n) is 21.3. The van der Waals surface area contributed by atoms with Gasteiger partial charge in [0.15, 0.2) is 0 Å². The lowest BCUT2D eigenvalue weighted by molar-refractivity contribution is -0.138. The van der Waals surface area contributed by atoms with Crippen LogP contribution in [-0.4, -0.2) is 43.8 Å². The van der Waals surface area contributed by atoms with E-state index in [1.54, 1.807) is 14.0 Å². The highest BCUT2D eigenvalue weighted by molar-refractivity contribution is 7.89. The number of nitrogens with zero attached hydrogens (tertiary/aromatic N) is 1. The third kappa shape index (κ3) is 5.92. The van der Waals surface area contributed by atoms with Crippen LogP contribution < -0.4 is 14.2 Å². The van der Waals surface area contributed by atoms with Gasteiger partial charge in [0.05, 0.1) is 12.0 Å². The summed E-state index contributed by atoms with van der Waals surface area (Å²) in [5.41, 5.74) is 2.73. The van der Waals surface area contributed by atoms with Crippen molar-refractivity contribution in [3.8, 4) is 23.3 Å². The fourth-order valence-electron chi connectivity index (χ4n) is 4.63. The summed E-state index contributed by atoms with van der Waals surface area (Å²) in [6.45, 7) is 4.72. The van der Waals surface area contributed by atoms with Crippen LogP contribution in [0.2, 0.25) is 0 Å². The Morgan fingerprint density at radius 1 is 1.19 bits per heavy atom. The van der Waals surface area contributed by atoms with Crippen molar-refractivity contribution in [2.24, 2.45) is 5.92 Å². The van der Waals surface area contributed by atoms with Gasteiger partial charge < -0.3 is 19.1 Å². The average molecular weight is 525 g/mol. The number of sulfonamides is 1. The van der Waals surface area contributed by atoms with Crippen LogP contribution in [0.5, 0.6) is 11.5 Å². The van der Waals surface area contributed by atoms with E-state index in [4.69, 9.17) is 9.47 Å². The number of aliphatic carboxylic acids is 1. The van der Waals surface area contributed by atoms with Gasteiger partial charge in [0.2, 0.25) is 10.0 Å². The Morgan fingerprint density at radius 2 is 1.89 bits per heavy atom. The standard InChI is InChI=1S/C28H32N2O6S/c1-4-5-15-36-21-9-12-23(13-10-21)37(33,34)29-26(28(31)32)17-24-19(2)30(18-20-7-6-8-20)27-14-11-22(35-3)16-25(24)27/h9-14,16,20,26,29H,6-8,15,17-18H2,1-3H3,(H,31,32). The number of nitrogens with one attached hydrogen (secondary N) is 1. The lowest BCUT2D eigenvalue weighted by Gasteiger charge is -2.27. The topological polar surface area (TPSA) is 107 Å². The Hall–Kier alpha value is -3.48. The minimum atomic E-state index is -4.10. The summed E-state index contributed by atoms with van der Waals surface area (Å²) in [5.74, 6) is 5.97. The molecule has 0 bridgehead atoms. The van der Waals surface area contributed by atoms with Crippen molar-refractivity contribution in [1.82, 2.24) is 9.29 Å². The van der Waals surface area contributed by atoms with E-state index in [1.807, 2.05) is 25.1 Å². The molecular weight excluding hydrogens is 492 g/mol. The summed E-state index contributed by atoms with van der Waals surface area (Å²) in [4.78, 5) is 12.2. The first-order valence-electron chi connectivity index (χ1n) is 12.3. The molecule has 1 aliphatic rings. The zero-order chi connectivity index (χ0) is 26.6. The van der Waals surface area contributed by atoms with Gasteiger partial charge in [-0.25, -0.2) is 8.42 Å². The van der Waals surface area contributed by atoms with E-state index >= 15 is 0 Å². The van der Waals surface area contributed by atoms with Crippen molar-refractivity contribution in [3.63, 3.8) is 0 Å². The van der Waals surface area contributed by atoms with E-state index in [0.717, 1.165) is 28.7 Å². The number of carbonyl (C=O) groups is 1. The maximum atomic E-state index is 13.1. The van der Waals surface area contributed by atoms with Gasteiger partial charge in [-0.15, -0.1) is 5.92 Å². The lowest BCUT2D eigenvalue weighted by atomic mass is 9.85. The first kappa shape index (κ1) is 26.6. The molecule has 2 N–H and O–H groups in total. The number of carboxylic acids is 1. The summed E-state index contributed by atoms with van der Waals surface area (Å²) in [7, 11) is -2.51. The normalized spacial score (nSPS) is 14.5. The maximum absolute atomic E-state index is 13.1. The second-order valence-corrected chi connectivity index (χ2v) is 11.0. The first-order chi connectivity index (χ1) is 17.7. The van der Waals surface area contributed by atoms with Crippen molar-refractivity contribution in [2.75, 3.05) is 13.7 Å². The summed E-state index contributed by atoms with van der Waals surface area (Å²) in [6, 6.07) is 10.2. The van der Waals surface area contributed by atoms with Gasteiger partial charge in [0.1, 0.15) is 24.1 Å². The molecule has 0 amide bonds. The van der Waals surface area contributed by atoms with Crippen molar-refractivity contribution in [1.29, 1.82) is 0 Å². The maximum Gasteiger partial charge on any atom is 0.322 e. The molecule has 196 valence electrons. The van der Waals surface area contributed by atoms with Gasteiger partial charge >= 0.3 is 5.97 Å². The van der Waals surface area contributed by atoms with E-state index in [-0.39, 0.29) is 17.9 Å². The summed E-state index contributed by atoms with van der Waals surface area (Å²) in [6.07, 6.45) is 3.58. The fourth-order valence-corrected chi connectivity index (χ4v) is 5.82. The molecule has 0 saturated heterocycles. The van der Waals surface area contributed by atoms with Gasteiger partial charge in [-0.05, 0) is 80.6 Å². The molecule has 1 heterocycles. The van der Waals surface area contributed by atoms with Crippen LogP contribution in [-0.2, 0) is 27.8 Å². The van der Waals surface area contributed by atoms with Gasteiger partial charge in [-0.1, -0.05) is 12.3 Å². The van der Waals surface area contributed by atoms with E-state index in [2.05, 4.69) is 21.1 Å². The van der Waals surface area contributed by atoms with Gasteiger partial charge in [0.25, 0.3) is 0 Å². The van der Waals surface area contributed by atoms with Gasteiger partial charge in [0, 0.05) is 29.6 Å². The third-order valence-electron chi connectivity index (χ3n) is 6.95. The highest BCUT2D eigenvalue weighted by atomic mass is 32.2. The van der Waals surface area contributed by atoms with Crippen LogP contribution >= 0.6 is 0 Å². The largest absolute Gasteiger partial charge is 0.497 e. The van der Waals surface area contributed by atoms with Crippen LogP contribution in [0.4, 0.5) is 0 Å². The van der Waals surface area contributed by atoms with Crippen LogP contribution in [0, 0.1) is 24.7 Å². The number of hydrogen-bond acceptors (Lipinski definition) is 5. The Bertz CT molecular complexity index is 1440. The predicted molar refractivity (Wildman–Crippen MR) is 141 cm³/mol. The van der Waals surface area contributed by atoms with Crippen molar-refractivity contribution >= 4 is 26.9 Å². The average Bonchev–Trinajstić information content (AvgIpc) is 3.11. The van der Waals surface area contributed by atoms with E-state index in [1.165, 1.54) is 43.5 Å². The van der Waals surface area contributed by atoms with Crippen LogP contribution in [0.15, 0.2) is 47.4 Å². The molecule has 37 heavy (non-hydrogen) atoms. The molecule has 4 rings (SSSR count). The van der Waals surface area contributed by atoms with Crippen molar-refractivity contribution in [3.05, 3.63) is 53.7 Å². The number of benzene rings is 2. The molecular formula is C28H32N2O6S. The molecule has 1 aromatic heterocycles. The van der Waals surface area contributed by atoms with Gasteiger partial charge in [-0.2, -0.15) is 4.72 Å². The third-order valence-corrected chi connectivity index (χ3v) is 8.44. The van der Waals surface area contributed by atoms with Crippen molar-refractivity contribution in [2.45, 2.75) is 57.0 Å². The molecule has 3 aromatic rings. The van der Waals surface area contributed by atoms with Crippen LogP contribution in [0.3, 0.4) is 0 Å². The minimum Gasteiger partial charge on any atom is -0.497 e. The van der Waals surface area contributed by atoms with Gasteiger partial charge in [-0.3, -0.25) is 4.79 Å². The molecule has 0 spiro atoms. The molecule has 1 atom stereocenters. The molecule has 0 radical (unpaired) electrons. The molecule has 1 aliphatic carbocycles. The highest BCUT2D eigenvalue weighted by Gasteiger charge is 2.29. The number of aromatic nitrogens is 1. The lowest BCUT2D eigenvalue weighted by Crippen LogP contribution is -2.42. The number of ether oxygens (including phenoxy) is 2. The predicted octanol–water partition coefficient (Wildman–Crippen LogP) is 4.13. The Labute approximate surface area is 217 Å². The summed E-state index contributed by atoms with van der Waals surface area (Å²) in [5, 5.41) is 10.9. The molecule has 8 nitrogen and oxygen atoms in total. The molecule has 1 unspecified atom stereocenters. The SMILES string of the molecule is CC#CCOc1ccc(S(=O)(=O)NC(Cc2c(C)n(CC3CCC3)c3ccc(OC)cc23)C(=O)O)cc1. The Balaban J connectivity index is 1.62. The van der Waals surface area contributed by atoms with E-state index in [9.17, 15) is 18.3 Å².